The average molecular weight is 409 g/mol. The van der Waals surface area contributed by atoms with Gasteiger partial charge in [-0.2, -0.15) is 0 Å². The van der Waals surface area contributed by atoms with E-state index in [1.54, 1.807) is 0 Å². The first-order chi connectivity index (χ1) is 15.6. The number of aryl methyl sites for hydroxylation is 2. The zero-order valence-electron chi connectivity index (χ0n) is 18.4. The highest BCUT2D eigenvalue weighted by atomic mass is 14.0. The molecule has 152 valence electrons. The van der Waals surface area contributed by atoms with Crippen LogP contribution in [0.15, 0.2) is 97.1 Å². The van der Waals surface area contributed by atoms with Gasteiger partial charge in [0, 0.05) is 22.3 Å². The van der Waals surface area contributed by atoms with E-state index in [4.69, 9.17) is 0 Å². The lowest BCUT2D eigenvalue weighted by Crippen LogP contribution is -1.79. The first-order valence-electron chi connectivity index (χ1n) is 10.7. The molecular weight excluding hydrogens is 384 g/mol. The lowest BCUT2D eigenvalue weighted by atomic mass is 10.1. The zero-order valence-corrected chi connectivity index (χ0v) is 18.4. The monoisotopic (exact) mass is 408 g/mol. The van der Waals surface area contributed by atoms with Gasteiger partial charge in [0.2, 0.25) is 0 Å². The maximum Gasteiger partial charge on any atom is 0.0249 e. The first kappa shape index (κ1) is 21.0. The van der Waals surface area contributed by atoms with Gasteiger partial charge in [-0.25, -0.2) is 0 Å². The van der Waals surface area contributed by atoms with E-state index in [1.165, 1.54) is 11.1 Å². The van der Waals surface area contributed by atoms with Gasteiger partial charge in [-0.15, -0.1) is 0 Å². The second kappa shape index (κ2) is 10.2. The van der Waals surface area contributed by atoms with Crippen LogP contribution in [-0.4, -0.2) is 0 Å². The second-order valence-corrected chi connectivity index (χ2v) is 7.81. The Balaban J connectivity index is 1.38. The van der Waals surface area contributed by atoms with Crippen molar-refractivity contribution >= 4 is 12.2 Å². The molecule has 0 amide bonds. The highest BCUT2D eigenvalue weighted by molar-refractivity contribution is 5.70. The fourth-order valence-electron chi connectivity index (χ4n) is 3.11. The van der Waals surface area contributed by atoms with Gasteiger partial charge in [-0.05, 0) is 73.5 Å². The molecule has 4 aromatic carbocycles. The van der Waals surface area contributed by atoms with Gasteiger partial charge in [-0.1, -0.05) is 95.5 Å². The van der Waals surface area contributed by atoms with Crippen LogP contribution in [0.25, 0.3) is 12.2 Å². The molecular formula is C32H24. The van der Waals surface area contributed by atoms with Gasteiger partial charge in [0.05, 0.1) is 0 Å². The van der Waals surface area contributed by atoms with Gasteiger partial charge in [-0.3, -0.25) is 0 Å². The Morgan fingerprint density at radius 3 is 0.906 bits per heavy atom. The Morgan fingerprint density at radius 2 is 0.625 bits per heavy atom. The van der Waals surface area contributed by atoms with Gasteiger partial charge in [0.15, 0.2) is 0 Å². The predicted octanol–water partition coefficient (Wildman–Crippen LogP) is 7.27. The fourth-order valence-corrected chi connectivity index (χ4v) is 3.11. The summed E-state index contributed by atoms with van der Waals surface area (Å²) >= 11 is 0. The topological polar surface area (TPSA) is 0 Å². The summed E-state index contributed by atoms with van der Waals surface area (Å²) in [5, 5.41) is 0. The fraction of sp³-hybridized carbons (Fsp3) is 0.0625. The summed E-state index contributed by atoms with van der Waals surface area (Å²) in [5.41, 5.74) is 8.88. The van der Waals surface area contributed by atoms with Crippen LogP contribution in [0.5, 0.6) is 0 Å². The van der Waals surface area contributed by atoms with Gasteiger partial charge >= 0.3 is 0 Å². The Hall–Kier alpha value is -4.26. The van der Waals surface area contributed by atoms with Crippen LogP contribution in [0.4, 0.5) is 0 Å². The lowest BCUT2D eigenvalue weighted by Gasteiger charge is -1.97. The van der Waals surface area contributed by atoms with E-state index < -0.39 is 0 Å². The molecule has 0 saturated carbocycles. The summed E-state index contributed by atoms with van der Waals surface area (Å²) in [4.78, 5) is 0. The van der Waals surface area contributed by atoms with Gasteiger partial charge in [0.25, 0.3) is 0 Å². The van der Waals surface area contributed by atoms with Gasteiger partial charge < -0.3 is 0 Å². The van der Waals surface area contributed by atoms with E-state index in [0.717, 1.165) is 33.4 Å². The van der Waals surface area contributed by atoms with Crippen molar-refractivity contribution in [2.75, 3.05) is 0 Å². The van der Waals surface area contributed by atoms with Crippen LogP contribution in [0.3, 0.4) is 0 Å². The maximum absolute atomic E-state index is 3.23. The highest BCUT2D eigenvalue weighted by Crippen LogP contribution is 2.11. The molecule has 0 radical (unpaired) electrons. The molecule has 0 aliphatic heterocycles. The molecule has 0 heterocycles. The minimum absolute atomic E-state index is 1.01. The number of rotatable bonds is 2. The summed E-state index contributed by atoms with van der Waals surface area (Å²) in [6.07, 6.45) is 4.23. The molecule has 0 heteroatoms. The molecule has 0 aliphatic carbocycles. The predicted molar refractivity (Wildman–Crippen MR) is 136 cm³/mol. The Kier molecular flexibility index (Phi) is 6.67. The number of hydrogen-bond acceptors (Lipinski definition) is 0. The quantitative estimate of drug-likeness (QED) is 0.242. The van der Waals surface area contributed by atoms with E-state index in [9.17, 15) is 0 Å². The van der Waals surface area contributed by atoms with Crippen molar-refractivity contribution < 1.29 is 0 Å². The average Bonchev–Trinajstić information content (AvgIpc) is 2.83. The molecule has 0 fully saturated rings. The minimum atomic E-state index is 1.01. The molecule has 0 unspecified atom stereocenters. The van der Waals surface area contributed by atoms with E-state index in [2.05, 4.69) is 147 Å². The van der Waals surface area contributed by atoms with Crippen molar-refractivity contribution in [3.05, 3.63) is 142 Å². The van der Waals surface area contributed by atoms with Crippen molar-refractivity contribution in [1.82, 2.24) is 0 Å². The van der Waals surface area contributed by atoms with Crippen LogP contribution in [0, 0.1) is 37.5 Å². The van der Waals surface area contributed by atoms with Crippen molar-refractivity contribution in [1.29, 1.82) is 0 Å². The van der Waals surface area contributed by atoms with E-state index >= 15 is 0 Å². The number of benzene rings is 4. The Morgan fingerprint density at radius 1 is 0.375 bits per heavy atom. The van der Waals surface area contributed by atoms with Crippen molar-refractivity contribution in [2.45, 2.75) is 13.8 Å². The lowest BCUT2D eigenvalue weighted by molar-refractivity contribution is 1.46. The summed E-state index contributed by atoms with van der Waals surface area (Å²) < 4.78 is 0. The third kappa shape index (κ3) is 6.12. The second-order valence-electron chi connectivity index (χ2n) is 7.81. The van der Waals surface area contributed by atoms with Gasteiger partial charge in [0.1, 0.15) is 0 Å². The molecule has 4 rings (SSSR count). The van der Waals surface area contributed by atoms with Crippen LogP contribution >= 0.6 is 0 Å². The van der Waals surface area contributed by atoms with Crippen LogP contribution in [-0.2, 0) is 0 Å². The van der Waals surface area contributed by atoms with E-state index in [-0.39, 0.29) is 0 Å². The normalized spacial score (nSPS) is 10.2. The summed E-state index contributed by atoms with van der Waals surface area (Å²) in [6, 6.07) is 33.2. The molecule has 0 saturated heterocycles. The van der Waals surface area contributed by atoms with Crippen LogP contribution < -0.4 is 0 Å². The maximum atomic E-state index is 3.23. The molecule has 0 nitrogen and oxygen atoms in total. The summed E-state index contributed by atoms with van der Waals surface area (Å²) in [5.74, 6) is 12.9. The van der Waals surface area contributed by atoms with Crippen molar-refractivity contribution in [2.24, 2.45) is 0 Å². The smallest absolute Gasteiger partial charge is 0.0249 e. The van der Waals surface area contributed by atoms with Crippen LogP contribution in [0.2, 0.25) is 0 Å². The highest BCUT2D eigenvalue weighted by Gasteiger charge is 1.93. The summed E-state index contributed by atoms with van der Waals surface area (Å²) in [7, 11) is 0. The van der Waals surface area contributed by atoms with Crippen LogP contribution in [0.1, 0.15) is 44.5 Å². The third-order valence-electron chi connectivity index (χ3n) is 5.10. The molecule has 32 heavy (non-hydrogen) atoms. The Bertz CT molecular complexity index is 1220. The number of hydrogen-bond donors (Lipinski definition) is 0. The Labute approximate surface area is 191 Å². The zero-order chi connectivity index (χ0) is 22.2. The molecule has 0 aliphatic rings. The largest absolute Gasteiger partial charge is 0.0617 e. The first-order valence-corrected chi connectivity index (χ1v) is 10.7. The third-order valence-corrected chi connectivity index (χ3v) is 5.10. The molecule has 0 N–H and O–H groups in total. The van der Waals surface area contributed by atoms with Crippen molar-refractivity contribution in [3.63, 3.8) is 0 Å². The minimum Gasteiger partial charge on any atom is -0.0617 e. The molecule has 0 bridgehead atoms. The molecule has 0 spiro atoms. The SMILES string of the molecule is Cc1ccc(C#Cc2ccc(C=Cc3ccc(C#Cc4ccc(C)cc4)cc3)cc2)cc1. The molecule has 0 aromatic heterocycles. The van der Waals surface area contributed by atoms with E-state index in [0.29, 0.717) is 0 Å². The standard InChI is InChI=1S/C32H24/c1-25-3-7-27(8-4-25)11-13-29-15-19-31(20-16-29)23-24-32-21-17-30(18-22-32)14-12-28-9-5-26(2)6-10-28/h3-10,15-24H,1-2H3. The molecule has 0 atom stereocenters. The van der Waals surface area contributed by atoms with E-state index in [1.807, 2.05) is 0 Å². The summed E-state index contributed by atoms with van der Waals surface area (Å²) in [6.45, 7) is 4.16. The van der Waals surface area contributed by atoms with Crippen molar-refractivity contribution in [3.8, 4) is 23.7 Å². The molecule has 4 aromatic rings.